The predicted octanol–water partition coefficient (Wildman–Crippen LogP) is 2.78. The van der Waals surface area contributed by atoms with Gasteiger partial charge in [-0.2, -0.15) is 0 Å². The number of ether oxygens (including phenoxy) is 1. The second-order valence-electron chi connectivity index (χ2n) is 3.97. The number of aromatic nitrogens is 2. The molecule has 0 bridgehead atoms. The van der Waals surface area contributed by atoms with Crippen molar-refractivity contribution >= 4 is 5.69 Å². The van der Waals surface area contributed by atoms with Gasteiger partial charge in [0.1, 0.15) is 0 Å². The first-order chi connectivity index (χ1) is 8.08. The number of nitrogens with zero attached hydrogens (tertiary/aromatic N) is 2. The van der Waals surface area contributed by atoms with E-state index < -0.39 is 0 Å². The Labute approximate surface area is 100 Å². The molecule has 1 heterocycles. The second kappa shape index (κ2) is 4.41. The van der Waals surface area contributed by atoms with Crippen molar-refractivity contribution in [1.82, 2.24) is 9.97 Å². The summed E-state index contributed by atoms with van der Waals surface area (Å²) in [6.45, 7) is 5.75. The Bertz CT molecular complexity index is 552. The molecule has 0 radical (unpaired) electrons. The molecular weight excluding hydrogens is 214 g/mol. The number of nitrogens with two attached hydrogens (primary N) is 1. The lowest BCUT2D eigenvalue weighted by Gasteiger charge is -2.09. The third-order valence-corrected chi connectivity index (χ3v) is 2.67. The minimum absolute atomic E-state index is 0.463. The maximum Gasteiger partial charge on any atom is 0.238 e. The quantitative estimate of drug-likeness (QED) is 0.804. The van der Waals surface area contributed by atoms with E-state index >= 15 is 0 Å². The van der Waals surface area contributed by atoms with Crippen LogP contribution >= 0.6 is 0 Å². The molecule has 1 aromatic carbocycles. The van der Waals surface area contributed by atoms with Crippen LogP contribution in [0.25, 0.3) is 0 Å². The van der Waals surface area contributed by atoms with E-state index in [-0.39, 0.29) is 0 Å². The Balaban J connectivity index is 2.31. The number of aryl methyl sites for hydroxylation is 3. The van der Waals surface area contributed by atoms with Gasteiger partial charge in [-0.1, -0.05) is 12.1 Å². The number of rotatable bonds is 2. The fraction of sp³-hybridized carbons (Fsp3) is 0.231. The van der Waals surface area contributed by atoms with Crippen LogP contribution in [0.3, 0.4) is 0 Å². The van der Waals surface area contributed by atoms with Crippen LogP contribution in [-0.2, 0) is 0 Å². The molecule has 0 fully saturated rings. The highest BCUT2D eigenvalue weighted by atomic mass is 16.5. The standard InChI is InChI=1S/C13H15N3O/c1-8-5-4-6-11(13(8)14)17-12-7-15-9(2)10(3)16-12/h4-7H,14H2,1-3H3. The van der Waals surface area contributed by atoms with Crippen molar-refractivity contribution < 1.29 is 4.74 Å². The Morgan fingerprint density at radius 1 is 1.12 bits per heavy atom. The molecule has 2 N–H and O–H groups in total. The van der Waals surface area contributed by atoms with Crippen molar-refractivity contribution in [2.45, 2.75) is 20.8 Å². The highest BCUT2D eigenvalue weighted by molar-refractivity contribution is 5.58. The minimum atomic E-state index is 0.463. The van der Waals surface area contributed by atoms with Gasteiger partial charge >= 0.3 is 0 Å². The molecule has 2 aromatic rings. The summed E-state index contributed by atoms with van der Waals surface area (Å²) in [5.74, 6) is 1.08. The van der Waals surface area contributed by atoms with Gasteiger partial charge in [0.05, 0.1) is 23.3 Å². The highest BCUT2D eigenvalue weighted by Crippen LogP contribution is 2.28. The summed E-state index contributed by atoms with van der Waals surface area (Å²) in [6.07, 6.45) is 1.60. The van der Waals surface area contributed by atoms with Crippen LogP contribution in [0.5, 0.6) is 11.6 Å². The summed E-state index contributed by atoms with van der Waals surface area (Å²) in [7, 11) is 0. The number of hydrogen-bond acceptors (Lipinski definition) is 4. The number of hydrogen-bond donors (Lipinski definition) is 1. The van der Waals surface area contributed by atoms with Gasteiger partial charge in [-0.3, -0.25) is 4.98 Å². The summed E-state index contributed by atoms with van der Waals surface area (Å²) < 4.78 is 5.63. The molecule has 0 aliphatic carbocycles. The Morgan fingerprint density at radius 2 is 1.88 bits per heavy atom. The molecule has 0 atom stereocenters. The van der Waals surface area contributed by atoms with Gasteiger partial charge in [0.25, 0.3) is 0 Å². The highest BCUT2D eigenvalue weighted by Gasteiger charge is 2.06. The van der Waals surface area contributed by atoms with Crippen LogP contribution in [0.1, 0.15) is 17.0 Å². The summed E-state index contributed by atoms with van der Waals surface area (Å²) in [6, 6.07) is 5.66. The van der Waals surface area contributed by atoms with Crippen molar-refractivity contribution in [3.05, 3.63) is 41.3 Å². The average Bonchev–Trinajstić information content (AvgIpc) is 2.30. The van der Waals surface area contributed by atoms with Gasteiger partial charge in [-0.05, 0) is 32.4 Å². The molecule has 88 valence electrons. The SMILES string of the molecule is Cc1cccc(Oc2cnc(C)c(C)n2)c1N. The van der Waals surface area contributed by atoms with E-state index in [0.717, 1.165) is 17.0 Å². The van der Waals surface area contributed by atoms with Crippen LogP contribution in [0, 0.1) is 20.8 Å². The fourth-order valence-electron chi connectivity index (χ4n) is 1.43. The van der Waals surface area contributed by atoms with E-state index in [1.165, 1.54) is 0 Å². The van der Waals surface area contributed by atoms with Crippen molar-refractivity contribution in [1.29, 1.82) is 0 Å². The van der Waals surface area contributed by atoms with Crippen LogP contribution in [-0.4, -0.2) is 9.97 Å². The maximum absolute atomic E-state index is 5.93. The van der Waals surface area contributed by atoms with Crippen LogP contribution in [0.4, 0.5) is 5.69 Å². The molecular formula is C13H15N3O. The molecule has 0 spiro atoms. The molecule has 0 aliphatic rings. The molecule has 4 heteroatoms. The van der Waals surface area contributed by atoms with E-state index in [9.17, 15) is 0 Å². The minimum Gasteiger partial charge on any atom is -0.435 e. The maximum atomic E-state index is 5.93. The molecule has 1 aromatic heterocycles. The van der Waals surface area contributed by atoms with Crippen molar-refractivity contribution in [2.75, 3.05) is 5.73 Å². The summed E-state index contributed by atoms with van der Waals surface area (Å²) in [5.41, 5.74) is 9.30. The number of nitrogen functional groups attached to an aromatic ring is 1. The van der Waals surface area contributed by atoms with Crippen LogP contribution in [0.15, 0.2) is 24.4 Å². The van der Waals surface area contributed by atoms with Gasteiger partial charge in [-0.15, -0.1) is 0 Å². The first-order valence-electron chi connectivity index (χ1n) is 5.41. The van der Waals surface area contributed by atoms with Crippen molar-refractivity contribution in [2.24, 2.45) is 0 Å². The number of benzene rings is 1. The van der Waals surface area contributed by atoms with Crippen molar-refractivity contribution in [3.63, 3.8) is 0 Å². The number of anilines is 1. The summed E-state index contributed by atoms with van der Waals surface area (Å²) >= 11 is 0. The van der Waals surface area contributed by atoms with E-state index in [2.05, 4.69) is 9.97 Å². The van der Waals surface area contributed by atoms with Crippen molar-refractivity contribution in [3.8, 4) is 11.6 Å². The fourth-order valence-corrected chi connectivity index (χ4v) is 1.43. The Morgan fingerprint density at radius 3 is 2.59 bits per heavy atom. The monoisotopic (exact) mass is 229 g/mol. The largest absolute Gasteiger partial charge is 0.435 e. The normalized spacial score (nSPS) is 10.3. The Hall–Kier alpha value is -2.10. The average molecular weight is 229 g/mol. The van der Waals surface area contributed by atoms with E-state index in [1.54, 1.807) is 6.20 Å². The summed E-state index contributed by atoms with van der Waals surface area (Å²) in [5, 5.41) is 0. The van der Waals surface area contributed by atoms with Gasteiger partial charge in [0, 0.05) is 0 Å². The zero-order valence-electron chi connectivity index (χ0n) is 10.2. The smallest absolute Gasteiger partial charge is 0.238 e. The molecule has 0 amide bonds. The molecule has 17 heavy (non-hydrogen) atoms. The van der Waals surface area contributed by atoms with E-state index in [4.69, 9.17) is 10.5 Å². The van der Waals surface area contributed by atoms with Gasteiger partial charge < -0.3 is 10.5 Å². The molecule has 0 saturated heterocycles. The third kappa shape index (κ3) is 2.36. The molecule has 4 nitrogen and oxygen atoms in total. The lowest BCUT2D eigenvalue weighted by molar-refractivity contribution is 0.460. The zero-order valence-corrected chi connectivity index (χ0v) is 10.2. The molecule has 0 aliphatic heterocycles. The first kappa shape index (κ1) is 11.4. The third-order valence-electron chi connectivity index (χ3n) is 2.67. The zero-order chi connectivity index (χ0) is 12.4. The van der Waals surface area contributed by atoms with E-state index in [0.29, 0.717) is 17.3 Å². The lowest BCUT2D eigenvalue weighted by Crippen LogP contribution is -1.98. The topological polar surface area (TPSA) is 61.0 Å². The first-order valence-corrected chi connectivity index (χ1v) is 5.41. The van der Waals surface area contributed by atoms with Gasteiger partial charge in [-0.25, -0.2) is 4.98 Å². The predicted molar refractivity (Wildman–Crippen MR) is 67.2 cm³/mol. The second-order valence-corrected chi connectivity index (χ2v) is 3.97. The summed E-state index contributed by atoms with van der Waals surface area (Å²) in [4.78, 5) is 8.50. The van der Waals surface area contributed by atoms with E-state index in [1.807, 2.05) is 39.0 Å². The van der Waals surface area contributed by atoms with Crippen LogP contribution < -0.4 is 10.5 Å². The van der Waals surface area contributed by atoms with Gasteiger partial charge in [0.2, 0.25) is 5.88 Å². The lowest BCUT2D eigenvalue weighted by atomic mass is 10.2. The van der Waals surface area contributed by atoms with Crippen LogP contribution in [0.2, 0.25) is 0 Å². The molecule has 2 rings (SSSR count). The van der Waals surface area contributed by atoms with Gasteiger partial charge in [0.15, 0.2) is 5.75 Å². The number of para-hydroxylation sites is 1. The molecule has 0 saturated carbocycles. The molecule has 0 unspecified atom stereocenters. The Kier molecular flexibility index (Phi) is 2.95.